The van der Waals surface area contributed by atoms with Gasteiger partial charge in [0.05, 0.1) is 13.2 Å². The van der Waals surface area contributed by atoms with Gasteiger partial charge in [-0.2, -0.15) is 0 Å². The minimum atomic E-state index is -1.57. The molecular weight excluding hydrogens is 268 g/mol. The van der Waals surface area contributed by atoms with Crippen molar-refractivity contribution in [1.29, 1.82) is 0 Å². The van der Waals surface area contributed by atoms with Gasteiger partial charge in [0, 0.05) is 0 Å². The maximum Gasteiger partial charge on any atom is 0.184 e. The van der Waals surface area contributed by atoms with E-state index in [9.17, 15) is 0 Å². The van der Waals surface area contributed by atoms with Crippen LogP contribution in [0.25, 0.3) is 0 Å². The van der Waals surface area contributed by atoms with Gasteiger partial charge >= 0.3 is 0 Å². The second-order valence-electron chi connectivity index (χ2n) is 4.36. The molecule has 1 aliphatic rings. The number of hydrogen-bond donors (Lipinski definition) is 6. The Labute approximate surface area is 116 Å². The van der Waals surface area contributed by atoms with Crippen molar-refractivity contribution in [2.45, 2.75) is 37.3 Å². The van der Waals surface area contributed by atoms with Crippen LogP contribution in [0.3, 0.4) is 0 Å². The first kappa shape index (κ1) is 17.0. The van der Waals surface area contributed by atoms with Crippen LogP contribution in [-0.2, 0) is 11.3 Å². The van der Waals surface area contributed by atoms with E-state index in [0.717, 1.165) is 5.56 Å². The normalized spacial score (nSPS) is 33.2. The van der Waals surface area contributed by atoms with Crippen molar-refractivity contribution in [3.8, 4) is 0 Å². The summed E-state index contributed by atoms with van der Waals surface area (Å²) in [5.41, 5.74) is 0.965. The second kappa shape index (κ2) is 8.28. The van der Waals surface area contributed by atoms with Crippen LogP contribution in [0.2, 0.25) is 0 Å². The molecule has 0 spiro atoms. The Morgan fingerprint density at radius 2 is 1.45 bits per heavy atom. The van der Waals surface area contributed by atoms with E-state index in [1.807, 2.05) is 30.3 Å². The lowest BCUT2D eigenvalue weighted by Crippen LogP contribution is -2.58. The molecule has 0 amide bonds. The zero-order valence-corrected chi connectivity index (χ0v) is 10.8. The van der Waals surface area contributed by atoms with Gasteiger partial charge in [-0.15, -0.1) is 0 Å². The van der Waals surface area contributed by atoms with Crippen LogP contribution in [0.1, 0.15) is 5.56 Å². The summed E-state index contributed by atoms with van der Waals surface area (Å²) >= 11 is 0. The molecule has 7 heteroatoms. The van der Waals surface area contributed by atoms with Crippen molar-refractivity contribution in [2.75, 3.05) is 6.61 Å². The first-order chi connectivity index (χ1) is 9.51. The zero-order chi connectivity index (χ0) is 15.1. The molecule has 0 bridgehead atoms. The Morgan fingerprint density at radius 1 is 0.850 bits per heavy atom. The number of benzene rings is 1. The van der Waals surface area contributed by atoms with Crippen LogP contribution in [0.5, 0.6) is 0 Å². The lowest BCUT2D eigenvalue weighted by molar-refractivity contribution is -0.286. The van der Waals surface area contributed by atoms with Crippen molar-refractivity contribution in [2.24, 2.45) is 0 Å². The predicted octanol–water partition coefficient (Wildman–Crippen LogP) is -2.04. The van der Waals surface area contributed by atoms with Gasteiger partial charge in [-0.1, -0.05) is 30.3 Å². The van der Waals surface area contributed by atoms with Crippen LogP contribution in [0, 0.1) is 0 Å². The molecule has 7 nitrogen and oxygen atoms in total. The molecule has 1 aliphatic heterocycles. The highest BCUT2D eigenvalue weighted by Crippen LogP contribution is 2.18. The van der Waals surface area contributed by atoms with Gasteiger partial charge in [-0.3, -0.25) is 0 Å². The topological polar surface area (TPSA) is 131 Å². The molecule has 5 atom stereocenters. The van der Waals surface area contributed by atoms with E-state index < -0.39 is 37.3 Å². The third kappa shape index (κ3) is 4.50. The molecule has 1 heterocycles. The van der Waals surface area contributed by atoms with Crippen LogP contribution in [0.4, 0.5) is 0 Å². The van der Waals surface area contributed by atoms with Crippen LogP contribution in [0.15, 0.2) is 30.3 Å². The fourth-order valence-corrected chi connectivity index (χ4v) is 1.67. The third-order valence-corrected chi connectivity index (χ3v) is 2.89. The van der Waals surface area contributed by atoms with E-state index in [2.05, 4.69) is 4.74 Å². The van der Waals surface area contributed by atoms with E-state index in [1.165, 1.54) is 0 Å². The molecule has 1 aromatic rings. The predicted molar refractivity (Wildman–Crippen MR) is 68.4 cm³/mol. The molecule has 20 heavy (non-hydrogen) atoms. The Bertz CT molecular complexity index is 367. The molecule has 0 radical (unpaired) electrons. The van der Waals surface area contributed by atoms with E-state index in [1.54, 1.807) is 0 Å². The van der Waals surface area contributed by atoms with Gasteiger partial charge in [0.25, 0.3) is 0 Å². The summed E-state index contributed by atoms with van der Waals surface area (Å²) in [6, 6.07) is 9.52. The minimum absolute atomic E-state index is 0.140. The molecule has 114 valence electrons. The summed E-state index contributed by atoms with van der Waals surface area (Å²) in [5, 5.41) is 53.2. The number of aliphatic hydroxyl groups is 6. The van der Waals surface area contributed by atoms with Crippen molar-refractivity contribution in [3.05, 3.63) is 35.9 Å². The van der Waals surface area contributed by atoms with Gasteiger partial charge in [-0.05, 0) is 5.56 Å². The summed E-state index contributed by atoms with van der Waals surface area (Å²) in [5.74, 6) is 0. The van der Waals surface area contributed by atoms with Crippen LogP contribution < -0.4 is 0 Å². The molecule has 6 N–H and O–H groups in total. The standard InChI is InChI=1S/C7H8O.C6H12O6/c8-6-7-4-2-1-3-5-7;7-1-2-3(8)4(9)5(10)6(11)12-2/h1-5,8H,6H2;2-11H,1H2/t;2-,3+,4+,5-,6-/m.1/s1. The van der Waals surface area contributed by atoms with Gasteiger partial charge in [0.2, 0.25) is 0 Å². The summed E-state index contributed by atoms with van der Waals surface area (Å²) in [6.07, 6.45) is -7.04. The summed E-state index contributed by atoms with van der Waals surface area (Å²) in [4.78, 5) is 0. The fourth-order valence-electron chi connectivity index (χ4n) is 1.67. The van der Waals surface area contributed by atoms with Crippen molar-refractivity contribution >= 4 is 0 Å². The highest BCUT2D eigenvalue weighted by Gasteiger charge is 2.42. The Morgan fingerprint density at radius 3 is 1.90 bits per heavy atom. The Balaban J connectivity index is 0.000000217. The molecule has 1 aromatic carbocycles. The first-order valence-corrected chi connectivity index (χ1v) is 6.14. The Kier molecular flexibility index (Phi) is 7.03. The first-order valence-electron chi connectivity index (χ1n) is 6.14. The van der Waals surface area contributed by atoms with Crippen molar-refractivity contribution < 1.29 is 35.4 Å². The monoisotopic (exact) mass is 288 g/mol. The molecule has 0 aliphatic carbocycles. The van der Waals surface area contributed by atoms with E-state index in [4.69, 9.17) is 30.6 Å². The largest absolute Gasteiger partial charge is 0.394 e. The average molecular weight is 288 g/mol. The maximum atomic E-state index is 9.12. The van der Waals surface area contributed by atoms with Crippen LogP contribution >= 0.6 is 0 Å². The number of hydrogen-bond acceptors (Lipinski definition) is 7. The lowest BCUT2D eigenvalue weighted by Gasteiger charge is -2.37. The molecule has 1 saturated heterocycles. The fraction of sp³-hybridized carbons (Fsp3) is 0.538. The highest BCUT2D eigenvalue weighted by molar-refractivity contribution is 5.12. The zero-order valence-electron chi connectivity index (χ0n) is 10.8. The number of aliphatic hydroxyl groups excluding tert-OH is 6. The molecular formula is C13H20O7. The molecule has 1 fully saturated rings. The van der Waals surface area contributed by atoms with Crippen molar-refractivity contribution in [1.82, 2.24) is 0 Å². The molecule has 0 unspecified atom stereocenters. The van der Waals surface area contributed by atoms with Gasteiger partial charge < -0.3 is 35.4 Å². The van der Waals surface area contributed by atoms with Crippen LogP contribution in [-0.4, -0.2) is 68.0 Å². The number of ether oxygens (including phenoxy) is 1. The van der Waals surface area contributed by atoms with E-state index >= 15 is 0 Å². The van der Waals surface area contributed by atoms with Gasteiger partial charge in [0.1, 0.15) is 24.4 Å². The lowest BCUT2D eigenvalue weighted by atomic mass is 10.00. The summed E-state index contributed by atoms with van der Waals surface area (Å²) in [6.45, 7) is -0.386. The van der Waals surface area contributed by atoms with Gasteiger partial charge in [0.15, 0.2) is 6.29 Å². The second-order valence-corrected chi connectivity index (χ2v) is 4.36. The summed E-state index contributed by atoms with van der Waals surface area (Å²) in [7, 11) is 0. The molecule has 0 saturated carbocycles. The molecule has 2 rings (SSSR count). The van der Waals surface area contributed by atoms with E-state index in [-0.39, 0.29) is 6.61 Å². The van der Waals surface area contributed by atoms with Gasteiger partial charge in [-0.25, -0.2) is 0 Å². The maximum absolute atomic E-state index is 9.12. The molecule has 0 aromatic heterocycles. The van der Waals surface area contributed by atoms with Crippen molar-refractivity contribution in [3.63, 3.8) is 0 Å². The number of rotatable bonds is 2. The smallest absolute Gasteiger partial charge is 0.184 e. The third-order valence-electron chi connectivity index (χ3n) is 2.89. The minimum Gasteiger partial charge on any atom is -0.394 e. The Hall–Kier alpha value is -1.06. The average Bonchev–Trinajstić information content (AvgIpc) is 2.50. The quantitative estimate of drug-likeness (QED) is 0.369. The highest BCUT2D eigenvalue weighted by atomic mass is 16.6. The SMILES string of the molecule is OC[C@H]1O[C@@H](O)[C@H](O)[C@@H](O)[C@H]1O.OCc1ccccc1. The van der Waals surface area contributed by atoms with E-state index in [0.29, 0.717) is 0 Å². The summed E-state index contributed by atoms with van der Waals surface area (Å²) < 4.78 is 4.58.